The molecule has 0 amide bonds. The van der Waals surface area contributed by atoms with Crippen LogP contribution in [0.15, 0.2) is 36.4 Å². The summed E-state index contributed by atoms with van der Waals surface area (Å²) in [5.74, 6) is 0. The summed E-state index contributed by atoms with van der Waals surface area (Å²) in [5.41, 5.74) is 1.23. The average Bonchev–Trinajstić information content (AvgIpc) is 3.33. The van der Waals surface area contributed by atoms with Crippen molar-refractivity contribution in [2.75, 3.05) is 13.2 Å². The molecule has 0 spiro atoms. The summed E-state index contributed by atoms with van der Waals surface area (Å²) in [7, 11) is 0. The molecule has 1 aromatic rings. The predicted octanol–water partition coefficient (Wildman–Crippen LogP) is 4.18. The van der Waals surface area contributed by atoms with Gasteiger partial charge in [-0.2, -0.15) is 0 Å². The van der Waals surface area contributed by atoms with Crippen LogP contribution in [0.4, 0.5) is 0 Å². The molecule has 3 rings (SSSR count). The number of ether oxygens (including phenoxy) is 3. The molecular weight excluding hydrogens is 276 g/mol. The minimum absolute atomic E-state index is 0.0486. The van der Waals surface area contributed by atoms with E-state index < -0.39 is 0 Å². The minimum Gasteiger partial charge on any atom is -0.365 e. The van der Waals surface area contributed by atoms with Gasteiger partial charge in [-0.3, -0.25) is 0 Å². The fourth-order valence-electron chi connectivity index (χ4n) is 2.83. The van der Waals surface area contributed by atoms with Crippen LogP contribution in [0.3, 0.4) is 0 Å². The lowest BCUT2D eigenvalue weighted by Crippen LogP contribution is -2.22. The van der Waals surface area contributed by atoms with E-state index in [9.17, 15) is 0 Å². The number of benzene rings is 1. The van der Waals surface area contributed by atoms with E-state index in [0.29, 0.717) is 12.2 Å². The molecule has 3 atom stereocenters. The van der Waals surface area contributed by atoms with Crippen molar-refractivity contribution in [3.05, 3.63) is 42.0 Å². The number of epoxide rings is 1. The Morgan fingerprint density at radius 1 is 1.14 bits per heavy atom. The smallest absolute Gasteiger partial charge is 0.157 e. The first-order valence-corrected chi connectivity index (χ1v) is 8.54. The summed E-state index contributed by atoms with van der Waals surface area (Å²) in [4.78, 5) is 0. The lowest BCUT2D eigenvalue weighted by molar-refractivity contribution is -0.162. The van der Waals surface area contributed by atoms with Gasteiger partial charge in [0, 0.05) is 13.2 Å². The number of hydrogen-bond acceptors (Lipinski definition) is 3. The monoisotopic (exact) mass is 302 g/mol. The van der Waals surface area contributed by atoms with Gasteiger partial charge < -0.3 is 14.2 Å². The maximum atomic E-state index is 5.74. The Morgan fingerprint density at radius 2 is 2.05 bits per heavy atom. The first-order chi connectivity index (χ1) is 10.9. The third-order valence-corrected chi connectivity index (χ3v) is 4.22. The highest BCUT2D eigenvalue weighted by molar-refractivity contribution is 5.49. The van der Waals surface area contributed by atoms with E-state index in [1.807, 2.05) is 6.07 Å². The van der Waals surface area contributed by atoms with E-state index in [2.05, 4.69) is 36.4 Å². The van der Waals surface area contributed by atoms with Crippen LogP contribution >= 0.6 is 0 Å². The molecule has 0 saturated carbocycles. The predicted molar refractivity (Wildman–Crippen MR) is 87.5 cm³/mol. The molecule has 2 aliphatic rings. The fourth-order valence-corrected chi connectivity index (χ4v) is 2.83. The van der Waals surface area contributed by atoms with Gasteiger partial charge in [-0.25, -0.2) is 0 Å². The molecule has 3 nitrogen and oxygen atoms in total. The Hall–Kier alpha value is -1.16. The summed E-state index contributed by atoms with van der Waals surface area (Å²) < 4.78 is 17.0. The topological polar surface area (TPSA) is 31.0 Å². The third kappa shape index (κ3) is 5.24. The lowest BCUT2D eigenvalue weighted by Gasteiger charge is -2.22. The van der Waals surface area contributed by atoms with Crippen molar-refractivity contribution in [3.63, 3.8) is 0 Å². The van der Waals surface area contributed by atoms with Gasteiger partial charge in [0.2, 0.25) is 0 Å². The van der Waals surface area contributed by atoms with Gasteiger partial charge in [-0.1, -0.05) is 42.5 Å². The maximum absolute atomic E-state index is 5.74. The van der Waals surface area contributed by atoms with Crippen molar-refractivity contribution in [1.29, 1.82) is 0 Å². The second kappa shape index (κ2) is 8.47. The highest BCUT2D eigenvalue weighted by atomic mass is 16.7. The van der Waals surface area contributed by atoms with E-state index in [4.69, 9.17) is 14.2 Å². The van der Waals surface area contributed by atoms with Gasteiger partial charge in [-0.05, 0) is 44.1 Å². The van der Waals surface area contributed by atoms with Crippen LogP contribution in [0.2, 0.25) is 0 Å². The largest absolute Gasteiger partial charge is 0.365 e. The van der Waals surface area contributed by atoms with Gasteiger partial charge >= 0.3 is 0 Å². The van der Waals surface area contributed by atoms with Crippen molar-refractivity contribution in [2.45, 2.75) is 57.0 Å². The van der Waals surface area contributed by atoms with Crippen LogP contribution in [0, 0.1) is 0 Å². The molecule has 0 aliphatic carbocycles. The molecule has 2 aliphatic heterocycles. The Labute approximate surface area is 133 Å². The van der Waals surface area contributed by atoms with Gasteiger partial charge in [0.15, 0.2) is 6.29 Å². The first-order valence-electron chi connectivity index (χ1n) is 8.54. The summed E-state index contributed by atoms with van der Waals surface area (Å²) in [6.07, 6.45) is 11.9. The van der Waals surface area contributed by atoms with Crippen LogP contribution in [-0.4, -0.2) is 31.7 Å². The summed E-state index contributed by atoms with van der Waals surface area (Å²) in [6, 6.07) is 10.4. The molecule has 3 heteroatoms. The van der Waals surface area contributed by atoms with Crippen LogP contribution in [0.25, 0.3) is 6.08 Å². The molecule has 1 unspecified atom stereocenters. The molecule has 0 N–H and O–H groups in total. The molecule has 2 saturated heterocycles. The normalized spacial score (nSPS) is 28.1. The minimum atomic E-state index is 0.0486. The van der Waals surface area contributed by atoms with Gasteiger partial charge in [0.05, 0.1) is 6.10 Å². The van der Waals surface area contributed by atoms with Crippen molar-refractivity contribution >= 4 is 6.08 Å². The van der Waals surface area contributed by atoms with Crippen LogP contribution in [0.5, 0.6) is 0 Å². The van der Waals surface area contributed by atoms with E-state index in [0.717, 1.165) is 38.9 Å². The maximum Gasteiger partial charge on any atom is 0.157 e. The van der Waals surface area contributed by atoms with Gasteiger partial charge in [0.25, 0.3) is 0 Å². The van der Waals surface area contributed by atoms with Crippen LogP contribution in [-0.2, 0) is 14.2 Å². The van der Waals surface area contributed by atoms with E-state index >= 15 is 0 Å². The molecule has 0 aromatic heterocycles. The van der Waals surface area contributed by atoms with Gasteiger partial charge in [-0.15, -0.1) is 0 Å². The molecule has 2 fully saturated rings. The molecular formula is C19H26O3. The molecule has 120 valence electrons. The van der Waals surface area contributed by atoms with Gasteiger partial charge in [0.1, 0.15) is 6.10 Å². The van der Waals surface area contributed by atoms with E-state index in [1.165, 1.54) is 18.4 Å². The SMILES string of the molecule is C(=C[C@@H]1O[C@H]1CCCCOC1CCCCO1)c1ccccc1. The number of hydrogen-bond donors (Lipinski definition) is 0. The standard InChI is InChI=1S/C19H26O3/c1-2-8-16(9-3-1)12-13-18-17(22-18)10-4-6-14-20-19-11-5-7-15-21-19/h1-3,8-9,12-13,17-19H,4-7,10-11,14-15H2/t17-,18-,19?/m0/s1. The summed E-state index contributed by atoms with van der Waals surface area (Å²) in [5, 5.41) is 0. The molecule has 0 radical (unpaired) electrons. The molecule has 2 heterocycles. The summed E-state index contributed by atoms with van der Waals surface area (Å²) in [6.45, 7) is 1.66. The lowest BCUT2D eigenvalue weighted by atomic mass is 10.1. The molecule has 22 heavy (non-hydrogen) atoms. The van der Waals surface area contributed by atoms with Crippen molar-refractivity contribution in [2.24, 2.45) is 0 Å². The average molecular weight is 302 g/mol. The quantitative estimate of drug-likeness (QED) is 0.533. The third-order valence-electron chi connectivity index (χ3n) is 4.22. The van der Waals surface area contributed by atoms with Crippen LogP contribution < -0.4 is 0 Å². The van der Waals surface area contributed by atoms with Crippen LogP contribution in [0.1, 0.15) is 44.1 Å². The first kappa shape index (κ1) is 15.7. The molecule has 1 aromatic carbocycles. The zero-order valence-electron chi connectivity index (χ0n) is 13.2. The highest BCUT2D eigenvalue weighted by Crippen LogP contribution is 2.29. The van der Waals surface area contributed by atoms with E-state index in [1.54, 1.807) is 0 Å². The zero-order chi connectivity index (χ0) is 15.0. The Morgan fingerprint density at radius 3 is 2.86 bits per heavy atom. The fraction of sp³-hybridized carbons (Fsp3) is 0.579. The zero-order valence-corrected chi connectivity index (χ0v) is 13.2. The summed E-state index contributed by atoms with van der Waals surface area (Å²) >= 11 is 0. The Bertz CT molecular complexity index is 451. The Balaban J connectivity index is 1.23. The number of unbranched alkanes of at least 4 members (excludes halogenated alkanes) is 1. The Kier molecular flexibility index (Phi) is 6.05. The highest BCUT2D eigenvalue weighted by Gasteiger charge is 2.35. The van der Waals surface area contributed by atoms with Crippen molar-refractivity contribution in [3.8, 4) is 0 Å². The van der Waals surface area contributed by atoms with Crippen molar-refractivity contribution < 1.29 is 14.2 Å². The van der Waals surface area contributed by atoms with E-state index in [-0.39, 0.29) is 6.29 Å². The number of rotatable bonds is 8. The molecule has 0 bridgehead atoms. The second-order valence-corrected chi connectivity index (χ2v) is 6.07. The second-order valence-electron chi connectivity index (χ2n) is 6.07. The van der Waals surface area contributed by atoms with Crippen molar-refractivity contribution in [1.82, 2.24) is 0 Å².